The van der Waals surface area contributed by atoms with E-state index in [0.29, 0.717) is 23.9 Å². The Hall–Kier alpha value is -2.06. The molecule has 0 saturated carbocycles. The molecule has 23 heavy (non-hydrogen) atoms. The first-order chi connectivity index (χ1) is 11.2. The van der Waals surface area contributed by atoms with Crippen molar-refractivity contribution in [2.24, 2.45) is 0 Å². The zero-order valence-corrected chi connectivity index (χ0v) is 13.8. The number of hydrogen-bond acceptors (Lipinski definition) is 4. The normalized spacial score (nSPS) is 18.2. The van der Waals surface area contributed by atoms with E-state index in [-0.39, 0.29) is 12.5 Å². The van der Waals surface area contributed by atoms with E-state index in [0.717, 1.165) is 13.0 Å². The van der Waals surface area contributed by atoms with Gasteiger partial charge in [0.25, 0.3) is 5.91 Å². The van der Waals surface area contributed by atoms with E-state index in [2.05, 4.69) is 17.1 Å². The van der Waals surface area contributed by atoms with Gasteiger partial charge in [0.1, 0.15) is 11.8 Å². The predicted octanol–water partition coefficient (Wildman–Crippen LogP) is 2.32. The number of likely N-dealkylation sites (tertiary alicyclic amines) is 1. The molecule has 1 N–H and O–H groups in total. The zero-order chi connectivity index (χ0) is 16.5. The molecule has 124 valence electrons. The lowest BCUT2D eigenvalue weighted by molar-refractivity contribution is -0.123. The second kappa shape index (κ2) is 9.16. The second-order valence-electron chi connectivity index (χ2n) is 5.98. The number of hydrogen-bond donors (Lipinski definition) is 1. The summed E-state index contributed by atoms with van der Waals surface area (Å²) in [5.74, 6) is 0.303. The third kappa shape index (κ3) is 5.57. The number of para-hydroxylation sites is 1. The van der Waals surface area contributed by atoms with Crippen LogP contribution in [0.4, 0.5) is 0 Å². The number of ether oxygens (including phenoxy) is 1. The zero-order valence-electron chi connectivity index (χ0n) is 13.8. The summed E-state index contributed by atoms with van der Waals surface area (Å²) in [5.41, 5.74) is 0.444. The predicted molar refractivity (Wildman–Crippen MR) is 89.2 cm³/mol. The maximum atomic E-state index is 11.8. The van der Waals surface area contributed by atoms with Crippen LogP contribution in [-0.4, -0.2) is 43.1 Å². The first-order valence-corrected chi connectivity index (χ1v) is 8.33. The Balaban J connectivity index is 1.63. The van der Waals surface area contributed by atoms with Crippen molar-refractivity contribution in [3.63, 3.8) is 0 Å². The first kappa shape index (κ1) is 17.3. The van der Waals surface area contributed by atoms with Gasteiger partial charge >= 0.3 is 0 Å². The van der Waals surface area contributed by atoms with E-state index in [1.165, 1.54) is 25.8 Å². The topological polar surface area (TPSA) is 65.4 Å². The highest BCUT2D eigenvalue weighted by Gasteiger charge is 2.17. The lowest BCUT2D eigenvalue weighted by Gasteiger charge is -2.33. The number of benzene rings is 1. The number of carbonyl (C=O) groups excluding carboxylic acids is 1. The standard InChI is InChI=1S/C18H25N3O2/c1-15-7-4-5-11-21(15)12-6-10-20-18(22)14-23-17-9-3-2-8-16(17)13-19/h2-3,8-9,15H,4-7,10-12,14H2,1H3,(H,20,22)/t15-/m1/s1. The Bertz CT molecular complexity index is 553. The molecular weight excluding hydrogens is 290 g/mol. The maximum Gasteiger partial charge on any atom is 0.257 e. The van der Waals surface area contributed by atoms with Crippen LogP contribution in [0.3, 0.4) is 0 Å². The smallest absolute Gasteiger partial charge is 0.257 e. The SMILES string of the molecule is C[C@@H]1CCCCN1CCCNC(=O)COc1ccccc1C#N. The molecule has 0 aliphatic carbocycles. The third-order valence-electron chi connectivity index (χ3n) is 4.25. The number of rotatable bonds is 7. The maximum absolute atomic E-state index is 11.8. The minimum absolute atomic E-state index is 0.0567. The van der Waals surface area contributed by atoms with Gasteiger partial charge in [0.2, 0.25) is 0 Å². The molecule has 1 aliphatic rings. The summed E-state index contributed by atoms with van der Waals surface area (Å²) in [6, 6.07) is 9.64. The molecule has 1 amide bonds. The monoisotopic (exact) mass is 315 g/mol. The van der Waals surface area contributed by atoms with Gasteiger partial charge in [-0.15, -0.1) is 0 Å². The van der Waals surface area contributed by atoms with E-state index < -0.39 is 0 Å². The van der Waals surface area contributed by atoms with Gasteiger partial charge in [0, 0.05) is 19.1 Å². The van der Waals surface area contributed by atoms with Gasteiger partial charge in [-0.05, 0) is 44.9 Å². The van der Waals surface area contributed by atoms with E-state index >= 15 is 0 Å². The van der Waals surface area contributed by atoms with Gasteiger partial charge in [-0.3, -0.25) is 4.79 Å². The van der Waals surface area contributed by atoms with Crippen LogP contribution in [0, 0.1) is 11.3 Å². The Morgan fingerprint density at radius 3 is 3.04 bits per heavy atom. The van der Waals surface area contributed by atoms with Crippen LogP contribution in [0.5, 0.6) is 5.75 Å². The number of amides is 1. The van der Waals surface area contributed by atoms with Crippen molar-refractivity contribution < 1.29 is 9.53 Å². The molecule has 0 aromatic heterocycles. The Morgan fingerprint density at radius 2 is 2.26 bits per heavy atom. The molecule has 5 heteroatoms. The fourth-order valence-corrected chi connectivity index (χ4v) is 2.88. The Kier molecular flexibility index (Phi) is 6.89. The van der Waals surface area contributed by atoms with Crippen LogP contribution in [0.1, 0.15) is 38.2 Å². The van der Waals surface area contributed by atoms with Crippen molar-refractivity contribution in [3.8, 4) is 11.8 Å². The number of nitrogens with one attached hydrogen (secondary N) is 1. The fraction of sp³-hybridized carbons (Fsp3) is 0.556. The molecule has 1 fully saturated rings. The lowest BCUT2D eigenvalue weighted by Crippen LogP contribution is -2.39. The van der Waals surface area contributed by atoms with Gasteiger partial charge in [-0.25, -0.2) is 0 Å². The third-order valence-corrected chi connectivity index (χ3v) is 4.25. The molecule has 0 radical (unpaired) electrons. The Labute approximate surface area is 138 Å². The number of piperidine rings is 1. The number of carbonyl (C=O) groups is 1. The molecule has 1 aliphatic heterocycles. The molecule has 1 heterocycles. The Morgan fingerprint density at radius 1 is 1.43 bits per heavy atom. The quantitative estimate of drug-likeness (QED) is 0.784. The van der Waals surface area contributed by atoms with Crippen LogP contribution >= 0.6 is 0 Å². The van der Waals surface area contributed by atoms with Crippen molar-refractivity contribution in [3.05, 3.63) is 29.8 Å². The van der Waals surface area contributed by atoms with Gasteiger partial charge < -0.3 is 15.0 Å². The van der Waals surface area contributed by atoms with Crippen LogP contribution in [0.25, 0.3) is 0 Å². The molecule has 1 aromatic rings. The molecule has 2 rings (SSSR count). The van der Waals surface area contributed by atoms with E-state index in [9.17, 15) is 4.79 Å². The molecule has 0 unspecified atom stereocenters. The molecule has 1 atom stereocenters. The van der Waals surface area contributed by atoms with Crippen molar-refractivity contribution in [2.75, 3.05) is 26.2 Å². The van der Waals surface area contributed by atoms with E-state index in [1.54, 1.807) is 24.3 Å². The summed E-state index contributed by atoms with van der Waals surface area (Å²) in [6.07, 6.45) is 4.84. The summed E-state index contributed by atoms with van der Waals surface area (Å²) in [6.45, 7) is 5.07. The van der Waals surface area contributed by atoms with Crippen LogP contribution in [-0.2, 0) is 4.79 Å². The van der Waals surface area contributed by atoms with E-state index in [4.69, 9.17) is 10.00 Å². The van der Waals surface area contributed by atoms with Gasteiger partial charge in [0.05, 0.1) is 5.56 Å². The minimum atomic E-state index is -0.149. The van der Waals surface area contributed by atoms with Crippen LogP contribution < -0.4 is 10.1 Å². The highest BCUT2D eigenvalue weighted by Crippen LogP contribution is 2.17. The molecule has 1 aromatic carbocycles. The number of nitrogens with zero attached hydrogens (tertiary/aromatic N) is 2. The van der Waals surface area contributed by atoms with Gasteiger partial charge in [0.15, 0.2) is 6.61 Å². The molecule has 0 bridgehead atoms. The highest BCUT2D eigenvalue weighted by atomic mass is 16.5. The summed E-state index contributed by atoms with van der Waals surface area (Å²) in [4.78, 5) is 14.3. The van der Waals surface area contributed by atoms with Crippen LogP contribution in [0.2, 0.25) is 0 Å². The van der Waals surface area contributed by atoms with Gasteiger partial charge in [-0.2, -0.15) is 5.26 Å². The van der Waals surface area contributed by atoms with Gasteiger partial charge in [-0.1, -0.05) is 18.6 Å². The lowest BCUT2D eigenvalue weighted by atomic mass is 10.0. The largest absolute Gasteiger partial charge is 0.482 e. The first-order valence-electron chi connectivity index (χ1n) is 8.33. The summed E-state index contributed by atoms with van der Waals surface area (Å²) >= 11 is 0. The average Bonchev–Trinajstić information content (AvgIpc) is 2.58. The summed E-state index contributed by atoms with van der Waals surface area (Å²) < 4.78 is 5.41. The van der Waals surface area contributed by atoms with Crippen molar-refractivity contribution in [1.29, 1.82) is 5.26 Å². The highest BCUT2D eigenvalue weighted by molar-refractivity contribution is 5.77. The average molecular weight is 315 g/mol. The summed E-state index contributed by atoms with van der Waals surface area (Å²) in [7, 11) is 0. The summed E-state index contributed by atoms with van der Waals surface area (Å²) in [5, 5.41) is 11.8. The molecule has 0 spiro atoms. The van der Waals surface area contributed by atoms with Crippen molar-refractivity contribution in [2.45, 2.75) is 38.6 Å². The van der Waals surface area contributed by atoms with Crippen molar-refractivity contribution in [1.82, 2.24) is 10.2 Å². The molecule has 5 nitrogen and oxygen atoms in total. The van der Waals surface area contributed by atoms with Crippen LogP contribution in [0.15, 0.2) is 24.3 Å². The second-order valence-corrected chi connectivity index (χ2v) is 5.98. The van der Waals surface area contributed by atoms with E-state index in [1.807, 2.05) is 6.07 Å². The fourth-order valence-electron chi connectivity index (χ4n) is 2.88. The molecule has 1 saturated heterocycles. The minimum Gasteiger partial charge on any atom is -0.482 e. The number of nitriles is 1. The molecular formula is C18H25N3O2. The van der Waals surface area contributed by atoms with Crippen molar-refractivity contribution >= 4 is 5.91 Å².